The van der Waals surface area contributed by atoms with Gasteiger partial charge in [0.15, 0.2) is 5.82 Å². The van der Waals surface area contributed by atoms with E-state index in [0.717, 1.165) is 60.7 Å². The molecule has 9 nitrogen and oxygen atoms in total. The number of carbonyl (C=O) groups excluding carboxylic acids is 1. The average molecular weight is 522 g/mol. The fraction of sp³-hybridized carbons (Fsp3) is 0.333. The van der Waals surface area contributed by atoms with Crippen molar-refractivity contribution in [3.05, 3.63) is 88.8 Å². The van der Waals surface area contributed by atoms with Crippen molar-refractivity contribution in [3.63, 3.8) is 0 Å². The van der Waals surface area contributed by atoms with Crippen molar-refractivity contribution in [1.29, 1.82) is 0 Å². The standard InChI is InChI=1S/C30H31N7O2/c1-18-26(22-4-2-3-20-15-33-29(39)25(20)22)35-24(16-38)28(34-18)36-10-7-30(8-11-36)14-19-5-6-21(13-23(19)27(30)31)37-12-9-32-17-37/h2-6,9,12-13,17,27,38H,7-8,10-11,14-16,31H2,1H3,(H,33,39)/t27-/m1/s1. The quantitative estimate of drug-likeness (QED) is 0.377. The number of hydrogen-bond donors (Lipinski definition) is 3. The van der Waals surface area contributed by atoms with Crippen molar-refractivity contribution in [2.24, 2.45) is 11.1 Å². The molecule has 4 N–H and O–H groups in total. The van der Waals surface area contributed by atoms with Crippen LogP contribution in [0, 0.1) is 12.3 Å². The molecule has 1 aliphatic carbocycles. The zero-order valence-corrected chi connectivity index (χ0v) is 21.9. The van der Waals surface area contributed by atoms with E-state index in [2.05, 4.69) is 33.4 Å². The number of carbonyl (C=O) groups is 1. The minimum atomic E-state index is -0.222. The fourth-order valence-corrected chi connectivity index (χ4v) is 6.71. The minimum Gasteiger partial charge on any atom is -0.390 e. The number of aryl methyl sites for hydroxylation is 1. The van der Waals surface area contributed by atoms with E-state index in [1.807, 2.05) is 42.2 Å². The van der Waals surface area contributed by atoms with Gasteiger partial charge in [0.25, 0.3) is 5.91 Å². The Kier molecular flexibility index (Phi) is 5.54. The summed E-state index contributed by atoms with van der Waals surface area (Å²) in [5, 5.41) is 13.2. The molecular weight excluding hydrogens is 490 g/mol. The van der Waals surface area contributed by atoms with Gasteiger partial charge in [-0.25, -0.2) is 15.0 Å². The molecule has 4 aromatic rings. The zero-order valence-electron chi connectivity index (χ0n) is 21.9. The number of anilines is 1. The Morgan fingerprint density at radius 1 is 1.15 bits per heavy atom. The monoisotopic (exact) mass is 521 g/mol. The zero-order chi connectivity index (χ0) is 26.7. The number of aromatic nitrogens is 4. The molecule has 0 bridgehead atoms. The molecule has 1 amide bonds. The lowest BCUT2D eigenvalue weighted by Gasteiger charge is -2.43. The SMILES string of the molecule is Cc1nc(N2CCC3(CC2)Cc2ccc(-n4ccnc4)cc2[C@H]3N)c(CO)nc1-c1cccc2c1C(=O)NC2. The maximum Gasteiger partial charge on any atom is 0.252 e. The minimum absolute atomic E-state index is 0.00609. The van der Waals surface area contributed by atoms with E-state index in [0.29, 0.717) is 23.5 Å². The second-order valence-electron chi connectivity index (χ2n) is 11.0. The molecule has 0 radical (unpaired) electrons. The highest BCUT2D eigenvalue weighted by Crippen LogP contribution is 2.51. The van der Waals surface area contributed by atoms with Gasteiger partial charge in [-0.05, 0) is 60.4 Å². The summed E-state index contributed by atoms with van der Waals surface area (Å²) in [7, 11) is 0. The summed E-state index contributed by atoms with van der Waals surface area (Å²) in [6.07, 6.45) is 8.38. The number of imidazole rings is 1. The number of nitrogens with two attached hydrogens (primary N) is 1. The van der Waals surface area contributed by atoms with E-state index in [-0.39, 0.29) is 24.0 Å². The fourth-order valence-electron chi connectivity index (χ4n) is 6.71. The van der Waals surface area contributed by atoms with E-state index in [9.17, 15) is 9.90 Å². The lowest BCUT2D eigenvalue weighted by Crippen LogP contribution is -2.45. The first-order valence-corrected chi connectivity index (χ1v) is 13.5. The Bertz CT molecular complexity index is 1590. The van der Waals surface area contributed by atoms with Crippen molar-refractivity contribution in [3.8, 4) is 16.9 Å². The Balaban J connectivity index is 1.15. The first kappa shape index (κ1) is 24.0. The summed E-state index contributed by atoms with van der Waals surface area (Å²) in [5.41, 5.74) is 14.9. The average Bonchev–Trinajstić information content (AvgIpc) is 3.69. The van der Waals surface area contributed by atoms with Gasteiger partial charge >= 0.3 is 0 Å². The summed E-state index contributed by atoms with van der Waals surface area (Å²) >= 11 is 0. The molecule has 3 aliphatic rings. The van der Waals surface area contributed by atoms with Gasteiger partial charge in [0, 0.05) is 49.3 Å². The number of amides is 1. The van der Waals surface area contributed by atoms with Crippen LogP contribution < -0.4 is 16.0 Å². The van der Waals surface area contributed by atoms with Crippen LogP contribution in [0.5, 0.6) is 0 Å². The number of nitrogens with one attached hydrogen (secondary N) is 1. The number of nitrogens with zero attached hydrogens (tertiary/aromatic N) is 5. The second-order valence-corrected chi connectivity index (χ2v) is 11.0. The third kappa shape index (κ3) is 3.76. The molecule has 1 atom stereocenters. The van der Waals surface area contributed by atoms with Gasteiger partial charge in [0.1, 0.15) is 5.69 Å². The predicted molar refractivity (Wildman–Crippen MR) is 147 cm³/mol. The molecule has 0 saturated carbocycles. The van der Waals surface area contributed by atoms with Crippen LogP contribution in [0.15, 0.2) is 55.1 Å². The van der Waals surface area contributed by atoms with Crippen molar-refractivity contribution < 1.29 is 9.90 Å². The topological polar surface area (TPSA) is 122 Å². The summed E-state index contributed by atoms with van der Waals surface area (Å²) in [5.74, 6) is 0.626. The second kappa shape index (κ2) is 9.00. The molecule has 2 aromatic carbocycles. The lowest BCUT2D eigenvalue weighted by molar-refractivity contribution is 0.0966. The molecule has 1 saturated heterocycles. The molecule has 1 fully saturated rings. The lowest BCUT2D eigenvalue weighted by atomic mass is 9.73. The Morgan fingerprint density at radius 3 is 2.77 bits per heavy atom. The Morgan fingerprint density at radius 2 is 2.00 bits per heavy atom. The van der Waals surface area contributed by atoms with Gasteiger partial charge in [-0.3, -0.25) is 4.79 Å². The van der Waals surface area contributed by atoms with Crippen molar-refractivity contribution in [1.82, 2.24) is 24.8 Å². The van der Waals surface area contributed by atoms with Crippen LogP contribution in [0.25, 0.3) is 16.9 Å². The molecule has 4 heterocycles. The predicted octanol–water partition coefficient (Wildman–Crippen LogP) is 3.22. The van der Waals surface area contributed by atoms with Gasteiger partial charge in [-0.1, -0.05) is 24.3 Å². The molecule has 1 spiro atoms. The number of fused-ring (bicyclic) bond motifs is 2. The largest absolute Gasteiger partial charge is 0.390 e. The first-order valence-electron chi connectivity index (χ1n) is 13.5. The summed E-state index contributed by atoms with van der Waals surface area (Å²) in [6, 6.07) is 12.3. The number of rotatable bonds is 4. The van der Waals surface area contributed by atoms with E-state index in [1.54, 1.807) is 6.20 Å². The third-order valence-electron chi connectivity index (χ3n) is 8.87. The summed E-state index contributed by atoms with van der Waals surface area (Å²) in [4.78, 5) is 28.7. The van der Waals surface area contributed by atoms with Gasteiger partial charge in [0.2, 0.25) is 0 Å². The molecule has 39 heavy (non-hydrogen) atoms. The highest BCUT2D eigenvalue weighted by molar-refractivity contribution is 6.04. The first-order chi connectivity index (χ1) is 19.0. The van der Waals surface area contributed by atoms with E-state index < -0.39 is 0 Å². The number of aliphatic hydroxyl groups is 1. The maximum atomic E-state index is 12.5. The summed E-state index contributed by atoms with van der Waals surface area (Å²) < 4.78 is 2.01. The van der Waals surface area contributed by atoms with Crippen LogP contribution >= 0.6 is 0 Å². The van der Waals surface area contributed by atoms with E-state index in [4.69, 9.17) is 15.7 Å². The van der Waals surface area contributed by atoms with E-state index in [1.165, 1.54) is 11.1 Å². The Labute approximate surface area is 226 Å². The van der Waals surface area contributed by atoms with E-state index >= 15 is 0 Å². The number of aliphatic hydroxyl groups excluding tert-OH is 1. The van der Waals surface area contributed by atoms with Crippen molar-refractivity contribution in [2.45, 2.75) is 45.4 Å². The molecule has 9 heteroatoms. The van der Waals surface area contributed by atoms with Crippen LogP contribution in [0.4, 0.5) is 5.82 Å². The molecule has 2 aliphatic heterocycles. The maximum absolute atomic E-state index is 12.5. The van der Waals surface area contributed by atoms with Gasteiger partial charge in [-0.2, -0.15) is 0 Å². The van der Waals surface area contributed by atoms with Crippen LogP contribution in [-0.4, -0.2) is 43.6 Å². The van der Waals surface area contributed by atoms with Crippen LogP contribution in [0.3, 0.4) is 0 Å². The number of piperidine rings is 1. The highest BCUT2D eigenvalue weighted by Gasteiger charge is 2.46. The Hall–Kier alpha value is -4.08. The van der Waals surface area contributed by atoms with Gasteiger partial charge < -0.3 is 25.6 Å². The molecule has 0 unspecified atom stereocenters. The van der Waals surface area contributed by atoms with Gasteiger partial charge in [-0.15, -0.1) is 0 Å². The van der Waals surface area contributed by atoms with Crippen molar-refractivity contribution >= 4 is 11.7 Å². The molecule has 198 valence electrons. The highest BCUT2D eigenvalue weighted by atomic mass is 16.3. The van der Waals surface area contributed by atoms with Gasteiger partial charge in [0.05, 0.1) is 29.9 Å². The van der Waals surface area contributed by atoms with Crippen LogP contribution in [0.2, 0.25) is 0 Å². The molecular formula is C30H31N7O2. The summed E-state index contributed by atoms with van der Waals surface area (Å²) in [6.45, 7) is 3.80. The van der Waals surface area contributed by atoms with Crippen LogP contribution in [-0.2, 0) is 19.6 Å². The number of benzene rings is 2. The normalized spacial score (nSPS) is 19.3. The smallest absolute Gasteiger partial charge is 0.252 e. The third-order valence-corrected chi connectivity index (χ3v) is 8.87. The molecule has 2 aromatic heterocycles. The van der Waals surface area contributed by atoms with Crippen molar-refractivity contribution in [2.75, 3.05) is 18.0 Å². The number of hydrogen-bond acceptors (Lipinski definition) is 7. The van der Waals surface area contributed by atoms with Crippen LogP contribution in [0.1, 0.15) is 57.3 Å². The molecule has 7 rings (SSSR count).